The van der Waals surface area contributed by atoms with Gasteiger partial charge in [-0.25, -0.2) is 0 Å². The molecule has 0 aromatic heterocycles. The summed E-state index contributed by atoms with van der Waals surface area (Å²) in [7, 11) is -11.4. The molecule has 9 heteroatoms. The highest BCUT2D eigenvalue weighted by Crippen LogP contribution is 2.50. The van der Waals surface area contributed by atoms with Gasteiger partial charge in [-0.2, -0.15) is 0 Å². The summed E-state index contributed by atoms with van der Waals surface area (Å²) >= 11 is 0. The van der Waals surface area contributed by atoms with Crippen LogP contribution >= 0.6 is 15.2 Å². The monoisotopic (exact) mass is 320 g/mol. The zero-order valence-electron chi connectivity index (χ0n) is 11.1. The van der Waals surface area contributed by atoms with E-state index < -0.39 is 20.8 Å². The molecule has 7 nitrogen and oxygen atoms in total. The molecule has 1 aromatic carbocycles. The summed E-state index contributed by atoms with van der Waals surface area (Å²) in [5, 5.41) is 0. The minimum atomic E-state index is -5.72. The van der Waals surface area contributed by atoms with Crippen LogP contribution in [-0.2, 0) is 14.5 Å². The molecule has 0 aliphatic carbocycles. The van der Waals surface area contributed by atoms with Crippen molar-refractivity contribution in [1.29, 1.82) is 0 Å². The van der Waals surface area contributed by atoms with Crippen molar-refractivity contribution < 1.29 is 33.4 Å². The number of ether oxygens (including phenoxy) is 1. The van der Waals surface area contributed by atoms with E-state index in [1.54, 1.807) is 12.1 Å². The molecule has 0 heterocycles. The zero-order chi connectivity index (χ0) is 15.8. The van der Waals surface area contributed by atoms with Crippen molar-refractivity contribution in [2.24, 2.45) is 0 Å². The standard InChI is InChI=1S/C11H18O7P2/c1-11(2,3)8-4-6-9(7-5-8)18-10(19(12,13)14)20(15,16)17/h4-7,10H,1-3H3,(H2,12,13,14)(H2,15,16,17)/p-4. The third-order valence-corrected chi connectivity index (χ3v) is 5.49. The minimum Gasteiger partial charge on any atom is -0.808 e. The number of rotatable bonds is 4. The van der Waals surface area contributed by atoms with Crippen LogP contribution in [0.5, 0.6) is 5.75 Å². The lowest BCUT2D eigenvalue weighted by atomic mass is 9.87. The van der Waals surface area contributed by atoms with Crippen molar-refractivity contribution >= 4 is 15.2 Å². The number of hydrogen-bond donors (Lipinski definition) is 0. The number of benzene rings is 1. The van der Waals surface area contributed by atoms with Crippen LogP contribution in [0, 0.1) is 0 Å². The van der Waals surface area contributed by atoms with Crippen LogP contribution in [-0.4, -0.2) is 5.59 Å². The zero-order valence-corrected chi connectivity index (χ0v) is 12.9. The average Bonchev–Trinajstić information content (AvgIpc) is 2.22. The molecule has 0 fully saturated rings. The van der Waals surface area contributed by atoms with Crippen LogP contribution in [0.4, 0.5) is 0 Å². The molecule has 0 bridgehead atoms. The average molecular weight is 320 g/mol. The maximum Gasteiger partial charge on any atom is 0.150 e. The van der Waals surface area contributed by atoms with Crippen LogP contribution in [0.15, 0.2) is 24.3 Å². The summed E-state index contributed by atoms with van der Waals surface area (Å²) in [6.45, 7) is 5.83. The van der Waals surface area contributed by atoms with Gasteiger partial charge in [-0.05, 0) is 38.3 Å². The highest BCUT2D eigenvalue weighted by atomic mass is 31.2. The Bertz CT molecular complexity index is 527. The molecule has 0 atom stereocenters. The van der Waals surface area contributed by atoms with Crippen molar-refractivity contribution in [3.8, 4) is 5.75 Å². The van der Waals surface area contributed by atoms with Crippen LogP contribution in [0.2, 0.25) is 0 Å². The van der Waals surface area contributed by atoms with Crippen LogP contribution in [0.25, 0.3) is 0 Å². The third-order valence-electron chi connectivity index (χ3n) is 2.50. The van der Waals surface area contributed by atoms with E-state index >= 15 is 0 Å². The SMILES string of the molecule is CC(C)(C)c1ccc(OC(P(=O)([O-])[O-])P(=O)([O-])[O-])cc1. The highest BCUT2D eigenvalue weighted by Gasteiger charge is 2.20. The molecular formula is C11H14O7P2-4. The molecule has 0 saturated heterocycles. The molecule has 0 spiro atoms. The van der Waals surface area contributed by atoms with Gasteiger partial charge in [-0.3, -0.25) is 0 Å². The number of hydrogen-bond acceptors (Lipinski definition) is 7. The molecule has 0 aliphatic rings. The molecule has 0 saturated carbocycles. The Kier molecular flexibility index (Phi) is 4.87. The predicted molar refractivity (Wildman–Crippen MR) is 64.8 cm³/mol. The van der Waals surface area contributed by atoms with E-state index in [0.717, 1.165) is 5.56 Å². The molecule has 0 unspecified atom stereocenters. The molecule has 0 radical (unpaired) electrons. The molecule has 0 aliphatic heterocycles. The van der Waals surface area contributed by atoms with Gasteiger partial charge in [0.2, 0.25) is 0 Å². The van der Waals surface area contributed by atoms with Crippen molar-refractivity contribution in [3.05, 3.63) is 29.8 Å². The van der Waals surface area contributed by atoms with E-state index in [1.165, 1.54) is 12.1 Å². The van der Waals surface area contributed by atoms with E-state index in [2.05, 4.69) is 4.74 Å². The quantitative estimate of drug-likeness (QED) is 0.680. The van der Waals surface area contributed by atoms with Gasteiger partial charge in [-0.15, -0.1) is 0 Å². The third kappa shape index (κ3) is 4.70. The first-order valence-electron chi connectivity index (χ1n) is 5.62. The van der Waals surface area contributed by atoms with Gasteiger partial charge in [0.05, 0.1) is 0 Å². The first-order chi connectivity index (χ1) is 8.82. The first kappa shape index (κ1) is 17.4. The lowest BCUT2D eigenvalue weighted by Crippen LogP contribution is -2.37. The molecular weight excluding hydrogens is 306 g/mol. The van der Waals surface area contributed by atoms with E-state index in [-0.39, 0.29) is 11.2 Å². The summed E-state index contributed by atoms with van der Waals surface area (Å²) in [4.78, 5) is 43.1. The Hall–Kier alpha value is -0.680. The lowest BCUT2D eigenvalue weighted by Gasteiger charge is -2.48. The van der Waals surface area contributed by atoms with Gasteiger partial charge in [0.25, 0.3) is 0 Å². The van der Waals surface area contributed by atoms with Crippen molar-refractivity contribution in [3.63, 3.8) is 0 Å². The summed E-state index contributed by atoms with van der Waals surface area (Å²) in [6, 6.07) is 5.79. The highest BCUT2D eigenvalue weighted by molar-refractivity contribution is 7.67. The van der Waals surface area contributed by atoms with Crippen LogP contribution in [0.3, 0.4) is 0 Å². The first-order valence-corrected chi connectivity index (χ1v) is 8.85. The van der Waals surface area contributed by atoms with E-state index in [9.17, 15) is 28.7 Å². The molecule has 1 aromatic rings. The van der Waals surface area contributed by atoms with Gasteiger partial charge in [0, 0.05) is 0 Å². The van der Waals surface area contributed by atoms with Gasteiger partial charge in [0.1, 0.15) is 11.3 Å². The summed E-state index contributed by atoms with van der Waals surface area (Å²) in [5.41, 5.74) is -2.21. The maximum absolute atomic E-state index is 10.8. The fourth-order valence-electron chi connectivity index (χ4n) is 1.46. The van der Waals surface area contributed by atoms with Gasteiger partial charge < -0.3 is 33.4 Å². The van der Waals surface area contributed by atoms with Crippen molar-refractivity contribution in [2.75, 3.05) is 0 Å². The Balaban J connectivity index is 3.03. The van der Waals surface area contributed by atoms with Crippen molar-refractivity contribution in [1.82, 2.24) is 0 Å². The van der Waals surface area contributed by atoms with Gasteiger partial charge >= 0.3 is 0 Å². The fourth-order valence-corrected chi connectivity index (χ4v) is 3.34. The lowest BCUT2D eigenvalue weighted by molar-refractivity contribution is -0.336. The maximum atomic E-state index is 10.8. The largest absolute Gasteiger partial charge is 0.808 e. The Morgan fingerprint density at radius 2 is 1.35 bits per heavy atom. The summed E-state index contributed by atoms with van der Waals surface area (Å²) in [5.74, 6) is -0.179. The van der Waals surface area contributed by atoms with E-state index in [1.807, 2.05) is 20.8 Å². The van der Waals surface area contributed by atoms with E-state index in [4.69, 9.17) is 0 Å². The van der Waals surface area contributed by atoms with E-state index in [0.29, 0.717) is 0 Å². The van der Waals surface area contributed by atoms with Crippen LogP contribution in [0.1, 0.15) is 26.3 Å². The topological polar surface area (TPSA) is 136 Å². The molecule has 0 N–H and O–H groups in total. The summed E-state index contributed by atoms with van der Waals surface area (Å²) in [6.07, 6.45) is 0. The minimum absolute atomic E-state index is 0.170. The smallest absolute Gasteiger partial charge is 0.150 e. The molecule has 20 heavy (non-hydrogen) atoms. The fraction of sp³-hybridized carbons (Fsp3) is 0.455. The molecule has 0 amide bonds. The Morgan fingerprint density at radius 3 is 1.65 bits per heavy atom. The molecule has 1 rings (SSSR count). The summed E-state index contributed by atoms with van der Waals surface area (Å²) < 4.78 is 26.1. The van der Waals surface area contributed by atoms with Gasteiger partial charge in [-0.1, -0.05) is 32.9 Å². The second-order valence-electron chi connectivity index (χ2n) is 5.30. The second-order valence-corrected chi connectivity index (χ2v) is 8.80. The van der Waals surface area contributed by atoms with Crippen molar-refractivity contribution in [2.45, 2.75) is 31.8 Å². The van der Waals surface area contributed by atoms with Crippen LogP contribution < -0.4 is 24.3 Å². The Labute approximate surface area is 116 Å². The predicted octanol–water partition coefficient (Wildman–Crippen LogP) is -0.526. The Morgan fingerprint density at radius 1 is 0.950 bits per heavy atom. The normalized spacial score (nSPS) is 13.6. The second kappa shape index (κ2) is 5.60. The van der Waals surface area contributed by atoms with Gasteiger partial charge in [0.15, 0.2) is 0 Å². The molecule has 114 valence electrons.